The van der Waals surface area contributed by atoms with Crippen molar-refractivity contribution in [3.8, 4) is 5.75 Å². The average molecular weight is 331 g/mol. The van der Waals surface area contributed by atoms with E-state index in [-0.39, 0.29) is 17.8 Å². The zero-order valence-corrected chi connectivity index (χ0v) is 12.2. The fourth-order valence-corrected chi connectivity index (χ4v) is 2.50. The molecule has 4 nitrogen and oxygen atoms in total. The fraction of sp³-hybridized carbons (Fsp3) is 0.462. The molecule has 19 heavy (non-hydrogen) atoms. The second kappa shape index (κ2) is 5.88. The predicted octanol–water partition coefficient (Wildman–Crippen LogP) is 1.92. The minimum Gasteiger partial charge on any atom is -0.480 e. The van der Waals surface area contributed by atoms with Crippen LogP contribution in [0.1, 0.15) is 13.3 Å². The van der Waals surface area contributed by atoms with Crippen LogP contribution in [0, 0.1) is 5.82 Å². The van der Waals surface area contributed by atoms with Crippen LogP contribution >= 0.6 is 15.9 Å². The van der Waals surface area contributed by atoms with Gasteiger partial charge in [0.25, 0.3) is 5.91 Å². The number of carbonyl (C=O) groups is 1. The van der Waals surface area contributed by atoms with Gasteiger partial charge in [-0.2, -0.15) is 0 Å². The number of nitrogens with two attached hydrogens (primary N) is 1. The summed E-state index contributed by atoms with van der Waals surface area (Å²) in [4.78, 5) is 13.8. The van der Waals surface area contributed by atoms with E-state index in [2.05, 4.69) is 15.9 Å². The molecule has 0 aliphatic carbocycles. The van der Waals surface area contributed by atoms with E-state index in [0.29, 0.717) is 23.3 Å². The SMILES string of the molecule is C[C@H](Oc1ccc(F)cc1Br)C(=O)N1CC[C@H](N)C1. The van der Waals surface area contributed by atoms with Crippen LogP contribution in [-0.4, -0.2) is 36.0 Å². The number of hydrogen-bond acceptors (Lipinski definition) is 3. The molecule has 1 amide bonds. The van der Waals surface area contributed by atoms with Gasteiger partial charge in [0.05, 0.1) is 4.47 Å². The molecule has 0 aromatic heterocycles. The number of hydrogen-bond donors (Lipinski definition) is 1. The molecule has 2 atom stereocenters. The van der Waals surface area contributed by atoms with Crippen molar-refractivity contribution in [3.63, 3.8) is 0 Å². The lowest BCUT2D eigenvalue weighted by atomic mass is 10.3. The third kappa shape index (κ3) is 3.45. The quantitative estimate of drug-likeness (QED) is 0.921. The molecule has 0 unspecified atom stereocenters. The molecule has 6 heteroatoms. The van der Waals surface area contributed by atoms with Gasteiger partial charge in [-0.25, -0.2) is 4.39 Å². The highest BCUT2D eigenvalue weighted by Crippen LogP contribution is 2.26. The molecule has 2 rings (SSSR count). The van der Waals surface area contributed by atoms with Crippen molar-refractivity contribution < 1.29 is 13.9 Å². The Balaban J connectivity index is 2.00. The van der Waals surface area contributed by atoms with Gasteiger partial charge in [-0.15, -0.1) is 0 Å². The first kappa shape index (κ1) is 14.3. The summed E-state index contributed by atoms with van der Waals surface area (Å²) in [5.41, 5.74) is 5.77. The average Bonchev–Trinajstić information content (AvgIpc) is 2.78. The Morgan fingerprint density at radius 1 is 1.63 bits per heavy atom. The molecule has 1 saturated heterocycles. The third-order valence-corrected chi connectivity index (χ3v) is 3.70. The van der Waals surface area contributed by atoms with Gasteiger partial charge in [0, 0.05) is 19.1 Å². The van der Waals surface area contributed by atoms with Crippen LogP contribution < -0.4 is 10.5 Å². The number of ether oxygens (including phenoxy) is 1. The summed E-state index contributed by atoms with van der Waals surface area (Å²) in [7, 11) is 0. The van der Waals surface area contributed by atoms with Crippen molar-refractivity contribution in [2.75, 3.05) is 13.1 Å². The highest BCUT2D eigenvalue weighted by Gasteiger charge is 2.28. The second-order valence-electron chi connectivity index (χ2n) is 4.67. The smallest absolute Gasteiger partial charge is 0.263 e. The topological polar surface area (TPSA) is 55.6 Å². The number of halogens is 2. The molecule has 0 spiro atoms. The number of rotatable bonds is 3. The van der Waals surface area contributed by atoms with E-state index in [1.54, 1.807) is 11.8 Å². The number of nitrogens with zero attached hydrogens (tertiary/aromatic N) is 1. The Hall–Kier alpha value is -1.14. The fourth-order valence-electron chi connectivity index (χ4n) is 2.06. The maximum atomic E-state index is 13.0. The number of benzene rings is 1. The highest BCUT2D eigenvalue weighted by atomic mass is 79.9. The van der Waals surface area contributed by atoms with E-state index in [1.165, 1.54) is 18.2 Å². The summed E-state index contributed by atoms with van der Waals surface area (Å²) in [6, 6.07) is 4.15. The van der Waals surface area contributed by atoms with Gasteiger partial charge in [0.2, 0.25) is 0 Å². The zero-order chi connectivity index (χ0) is 14.0. The van der Waals surface area contributed by atoms with Gasteiger partial charge in [-0.05, 0) is 47.5 Å². The monoisotopic (exact) mass is 330 g/mol. The van der Waals surface area contributed by atoms with Crippen molar-refractivity contribution >= 4 is 21.8 Å². The molecular weight excluding hydrogens is 315 g/mol. The number of likely N-dealkylation sites (tertiary alicyclic amines) is 1. The molecule has 0 radical (unpaired) electrons. The molecule has 2 N–H and O–H groups in total. The third-order valence-electron chi connectivity index (χ3n) is 3.08. The van der Waals surface area contributed by atoms with Crippen LogP contribution in [0.4, 0.5) is 4.39 Å². The van der Waals surface area contributed by atoms with Crippen molar-refractivity contribution in [3.05, 3.63) is 28.5 Å². The van der Waals surface area contributed by atoms with Gasteiger partial charge in [-0.1, -0.05) is 0 Å². The molecule has 0 saturated carbocycles. The van der Waals surface area contributed by atoms with Gasteiger partial charge in [-0.3, -0.25) is 4.79 Å². The van der Waals surface area contributed by atoms with Crippen LogP contribution in [0.25, 0.3) is 0 Å². The van der Waals surface area contributed by atoms with Crippen LogP contribution in [0.5, 0.6) is 5.75 Å². The van der Waals surface area contributed by atoms with E-state index in [4.69, 9.17) is 10.5 Å². The van der Waals surface area contributed by atoms with E-state index >= 15 is 0 Å². The molecule has 1 aromatic carbocycles. The standard InChI is InChI=1S/C13H16BrFN2O2/c1-8(13(18)17-5-4-10(16)7-17)19-12-3-2-9(15)6-11(12)14/h2-3,6,8,10H,4-5,7,16H2,1H3/t8-,10-/m0/s1. The zero-order valence-electron chi connectivity index (χ0n) is 10.6. The summed E-state index contributed by atoms with van der Waals surface area (Å²) in [6.45, 7) is 2.91. The molecular formula is C13H16BrFN2O2. The first-order chi connectivity index (χ1) is 8.97. The van der Waals surface area contributed by atoms with E-state index in [1.807, 2.05) is 0 Å². The van der Waals surface area contributed by atoms with Gasteiger partial charge >= 0.3 is 0 Å². The maximum absolute atomic E-state index is 13.0. The van der Waals surface area contributed by atoms with Gasteiger partial charge < -0.3 is 15.4 Å². The molecule has 104 valence electrons. The Kier molecular flexibility index (Phi) is 4.42. The van der Waals surface area contributed by atoms with Crippen LogP contribution in [0.2, 0.25) is 0 Å². The van der Waals surface area contributed by atoms with E-state index in [9.17, 15) is 9.18 Å². The lowest BCUT2D eigenvalue weighted by molar-refractivity contribution is -0.136. The summed E-state index contributed by atoms with van der Waals surface area (Å²) in [5.74, 6) is -0.00126. The van der Waals surface area contributed by atoms with Gasteiger partial charge in [0.1, 0.15) is 11.6 Å². The summed E-state index contributed by atoms with van der Waals surface area (Å²) in [6.07, 6.45) is 0.200. The highest BCUT2D eigenvalue weighted by molar-refractivity contribution is 9.10. The molecule has 0 bridgehead atoms. The molecule has 1 heterocycles. The van der Waals surface area contributed by atoms with Crippen LogP contribution in [0.15, 0.2) is 22.7 Å². The summed E-state index contributed by atoms with van der Waals surface area (Å²) in [5, 5.41) is 0. The largest absolute Gasteiger partial charge is 0.480 e. The maximum Gasteiger partial charge on any atom is 0.263 e. The van der Waals surface area contributed by atoms with Crippen LogP contribution in [0.3, 0.4) is 0 Å². The lowest BCUT2D eigenvalue weighted by Gasteiger charge is -2.22. The van der Waals surface area contributed by atoms with E-state index in [0.717, 1.165) is 6.42 Å². The first-order valence-corrected chi connectivity index (χ1v) is 6.92. The lowest BCUT2D eigenvalue weighted by Crippen LogP contribution is -2.40. The Bertz CT molecular complexity index is 484. The molecule has 1 aromatic rings. The van der Waals surface area contributed by atoms with Crippen molar-refractivity contribution in [2.45, 2.75) is 25.5 Å². The summed E-state index contributed by atoms with van der Waals surface area (Å²) < 4.78 is 19.0. The van der Waals surface area contributed by atoms with Crippen LogP contribution in [-0.2, 0) is 4.79 Å². The second-order valence-corrected chi connectivity index (χ2v) is 5.52. The Morgan fingerprint density at radius 3 is 2.95 bits per heavy atom. The number of carbonyl (C=O) groups excluding carboxylic acids is 1. The molecule has 1 aliphatic heterocycles. The predicted molar refractivity (Wildman–Crippen MR) is 73.4 cm³/mol. The van der Waals surface area contributed by atoms with Crippen molar-refractivity contribution in [1.82, 2.24) is 4.90 Å². The van der Waals surface area contributed by atoms with Crippen molar-refractivity contribution in [1.29, 1.82) is 0 Å². The van der Waals surface area contributed by atoms with Gasteiger partial charge in [0.15, 0.2) is 6.10 Å². The Labute approximate surface area is 119 Å². The van der Waals surface area contributed by atoms with E-state index < -0.39 is 6.10 Å². The molecule has 1 fully saturated rings. The minimum atomic E-state index is -0.618. The Morgan fingerprint density at radius 2 is 2.37 bits per heavy atom. The summed E-state index contributed by atoms with van der Waals surface area (Å²) >= 11 is 3.21. The number of amides is 1. The van der Waals surface area contributed by atoms with Crippen molar-refractivity contribution in [2.24, 2.45) is 5.73 Å². The molecule has 1 aliphatic rings. The first-order valence-electron chi connectivity index (χ1n) is 6.13. The normalized spacial score (nSPS) is 20.4. The minimum absolute atomic E-state index is 0.0497.